The summed E-state index contributed by atoms with van der Waals surface area (Å²) in [4.78, 5) is 27.7. The monoisotopic (exact) mass is 555 g/mol. The van der Waals surface area contributed by atoms with Crippen molar-refractivity contribution in [1.29, 1.82) is 0 Å². The third kappa shape index (κ3) is 8.89. The van der Waals surface area contributed by atoms with E-state index in [2.05, 4.69) is 5.32 Å². The van der Waals surface area contributed by atoms with Crippen molar-refractivity contribution in [2.24, 2.45) is 0 Å². The molecule has 0 fully saturated rings. The van der Waals surface area contributed by atoms with E-state index in [0.717, 1.165) is 12.7 Å². The fourth-order valence-electron chi connectivity index (χ4n) is 3.89. The lowest BCUT2D eigenvalue weighted by molar-refractivity contribution is -0.141. The van der Waals surface area contributed by atoms with Gasteiger partial charge < -0.3 is 15.0 Å². The standard InChI is InChI=1S/C26H35ClFN3O5S/c1-5-15-29-26(33)23(6-2)30(18-19-9-11-20(28)12-10-19)25(32)8-7-16-31(37(4,34)35)21-13-14-24(36-3)22(27)17-21/h9-14,17,23H,5-8,15-16,18H2,1-4H3,(H,29,33)/t23-/m1/s1. The first-order valence-electron chi connectivity index (χ1n) is 12.1. The van der Waals surface area contributed by atoms with Gasteiger partial charge in [-0.25, -0.2) is 12.8 Å². The highest BCUT2D eigenvalue weighted by atomic mass is 35.5. The van der Waals surface area contributed by atoms with Gasteiger partial charge in [-0.15, -0.1) is 0 Å². The summed E-state index contributed by atoms with van der Waals surface area (Å²) in [7, 11) is -2.20. The van der Waals surface area contributed by atoms with Crippen molar-refractivity contribution in [3.8, 4) is 5.75 Å². The maximum absolute atomic E-state index is 13.4. The van der Waals surface area contributed by atoms with Gasteiger partial charge in [-0.3, -0.25) is 13.9 Å². The van der Waals surface area contributed by atoms with E-state index in [0.29, 0.717) is 30.0 Å². The Hall–Kier alpha value is -2.85. The van der Waals surface area contributed by atoms with Gasteiger partial charge in [0.05, 0.1) is 24.1 Å². The Balaban J connectivity index is 2.21. The highest BCUT2D eigenvalue weighted by molar-refractivity contribution is 7.92. The molecule has 2 aromatic carbocycles. The summed E-state index contributed by atoms with van der Waals surface area (Å²) in [6.45, 7) is 4.41. The zero-order valence-corrected chi connectivity index (χ0v) is 23.2. The number of methoxy groups -OCH3 is 1. The van der Waals surface area contributed by atoms with Crippen LogP contribution in [0.5, 0.6) is 5.75 Å². The molecule has 0 aliphatic rings. The van der Waals surface area contributed by atoms with Crippen molar-refractivity contribution >= 4 is 39.1 Å². The van der Waals surface area contributed by atoms with E-state index in [1.54, 1.807) is 24.3 Å². The van der Waals surface area contributed by atoms with Crippen LogP contribution in [-0.2, 0) is 26.2 Å². The predicted molar refractivity (Wildman–Crippen MR) is 144 cm³/mol. The van der Waals surface area contributed by atoms with Gasteiger partial charge in [-0.2, -0.15) is 0 Å². The summed E-state index contributed by atoms with van der Waals surface area (Å²) in [6, 6.07) is 9.70. The third-order valence-corrected chi connectivity index (χ3v) is 7.27. The molecule has 204 valence electrons. The molecule has 0 saturated carbocycles. The van der Waals surface area contributed by atoms with Crippen molar-refractivity contribution < 1.29 is 27.1 Å². The summed E-state index contributed by atoms with van der Waals surface area (Å²) in [5, 5.41) is 3.10. The molecule has 0 heterocycles. The number of amides is 2. The SMILES string of the molecule is CCCNC(=O)[C@@H](CC)N(Cc1ccc(F)cc1)C(=O)CCCN(c1ccc(OC)c(Cl)c1)S(C)(=O)=O. The number of benzene rings is 2. The van der Waals surface area contributed by atoms with Gasteiger partial charge in [0.15, 0.2) is 0 Å². The average molecular weight is 556 g/mol. The largest absolute Gasteiger partial charge is 0.495 e. The minimum absolute atomic E-state index is 0.00859. The number of nitrogens with zero attached hydrogens (tertiary/aromatic N) is 2. The number of anilines is 1. The second kappa shape index (κ2) is 14.2. The minimum atomic E-state index is -3.66. The molecule has 1 atom stereocenters. The van der Waals surface area contributed by atoms with Crippen LogP contribution in [0.4, 0.5) is 10.1 Å². The third-order valence-electron chi connectivity index (χ3n) is 5.78. The van der Waals surface area contributed by atoms with E-state index in [-0.39, 0.29) is 42.8 Å². The van der Waals surface area contributed by atoms with Crippen molar-refractivity contribution in [1.82, 2.24) is 10.2 Å². The van der Waals surface area contributed by atoms with Crippen LogP contribution in [0.3, 0.4) is 0 Å². The molecule has 0 aliphatic carbocycles. The topological polar surface area (TPSA) is 96.0 Å². The van der Waals surface area contributed by atoms with E-state index in [1.165, 1.54) is 34.5 Å². The molecule has 0 aromatic heterocycles. The van der Waals surface area contributed by atoms with Gasteiger partial charge in [-0.05, 0) is 55.2 Å². The van der Waals surface area contributed by atoms with Crippen LogP contribution >= 0.6 is 11.6 Å². The minimum Gasteiger partial charge on any atom is -0.495 e. The molecule has 37 heavy (non-hydrogen) atoms. The second-order valence-corrected chi connectivity index (χ2v) is 10.9. The van der Waals surface area contributed by atoms with Gasteiger partial charge in [0.2, 0.25) is 21.8 Å². The van der Waals surface area contributed by atoms with Crippen molar-refractivity contribution in [3.05, 3.63) is 58.9 Å². The fraction of sp³-hybridized carbons (Fsp3) is 0.462. The van der Waals surface area contributed by atoms with Crippen LogP contribution in [0.1, 0.15) is 45.1 Å². The molecule has 0 unspecified atom stereocenters. The van der Waals surface area contributed by atoms with Crippen LogP contribution in [0.25, 0.3) is 0 Å². The highest BCUT2D eigenvalue weighted by Gasteiger charge is 2.28. The normalized spacial score (nSPS) is 12.1. The molecular weight excluding hydrogens is 521 g/mol. The zero-order chi connectivity index (χ0) is 27.6. The summed E-state index contributed by atoms with van der Waals surface area (Å²) in [5.74, 6) is -0.541. The highest BCUT2D eigenvalue weighted by Crippen LogP contribution is 2.30. The van der Waals surface area contributed by atoms with Gasteiger partial charge >= 0.3 is 0 Å². The predicted octanol–water partition coefficient (Wildman–Crippen LogP) is 4.37. The summed E-state index contributed by atoms with van der Waals surface area (Å²) in [5.41, 5.74) is 1.04. The molecule has 2 rings (SSSR count). The van der Waals surface area contributed by atoms with E-state index in [4.69, 9.17) is 16.3 Å². The average Bonchev–Trinajstić information content (AvgIpc) is 2.85. The molecule has 0 spiro atoms. The van der Waals surface area contributed by atoms with E-state index >= 15 is 0 Å². The van der Waals surface area contributed by atoms with Crippen molar-refractivity contribution in [2.45, 2.75) is 52.1 Å². The second-order valence-electron chi connectivity index (χ2n) is 8.62. The maximum atomic E-state index is 13.4. The van der Waals surface area contributed by atoms with E-state index < -0.39 is 21.9 Å². The lowest BCUT2D eigenvalue weighted by Gasteiger charge is -2.31. The van der Waals surface area contributed by atoms with Crippen molar-refractivity contribution in [2.75, 3.05) is 30.8 Å². The molecule has 11 heteroatoms. The van der Waals surface area contributed by atoms with Crippen LogP contribution in [0.15, 0.2) is 42.5 Å². The van der Waals surface area contributed by atoms with Gasteiger partial charge in [-0.1, -0.05) is 37.6 Å². The number of ether oxygens (including phenoxy) is 1. The summed E-state index contributed by atoms with van der Waals surface area (Å²) < 4.78 is 44.7. The van der Waals surface area contributed by atoms with Gasteiger partial charge in [0.1, 0.15) is 17.6 Å². The number of nitrogens with one attached hydrogen (secondary N) is 1. The molecule has 1 N–H and O–H groups in total. The molecule has 0 bridgehead atoms. The first kappa shape index (κ1) is 30.4. The summed E-state index contributed by atoms with van der Waals surface area (Å²) >= 11 is 6.18. The number of hydrogen-bond donors (Lipinski definition) is 1. The number of sulfonamides is 1. The Morgan fingerprint density at radius 2 is 1.81 bits per heavy atom. The number of carbonyl (C=O) groups is 2. The first-order chi connectivity index (χ1) is 17.5. The fourth-order valence-corrected chi connectivity index (χ4v) is 5.10. The molecule has 2 aromatic rings. The maximum Gasteiger partial charge on any atom is 0.242 e. The Morgan fingerprint density at radius 3 is 2.35 bits per heavy atom. The van der Waals surface area contributed by atoms with Crippen LogP contribution < -0.4 is 14.4 Å². The lowest BCUT2D eigenvalue weighted by Crippen LogP contribution is -2.49. The zero-order valence-electron chi connectivity index (χ0n) is 21.7. The Labute approximate surface area is 223 Å². The lowest BCUT2D eigenvalue weighted by atomic mass is 10.1. The molecule has 0 saturated heterocycles. The van der Waals surface area contributed by atoms with Crippen molar-refractivity contribution in [3.63, 3.8) is 0 Å². The smallest absolute Gasteiger partial charge is 0.242 e. The molecule has 0 radical (unpaired) electrons. The molecular formula is C26H35ClFN3O5S. The van der Waals surface area contributed by atoms with Crippen LogP contribution in [0, 0.1) is 5.82 Å². The Morgan fingerprint density at radius 1 is 1.14 bits per heavy atom. The number of rotatable bonds is 14. The van der Waals surface area contributed by atoms with Crippen LogP contribution in [0.2, 0.25) is 5.02 Å². The molecule has 0 aliphatic heterocycles. The Bertz CT molecular complexity index is 1160. The molecule has 2 amide bonds. The van der Waals surface area contributed by atoms with E-state index in [1.807, 2.05) is 13.8 Å². The number of hydrogen-bond acceptors (Lipinski definition) is 5. The summed E-state index contributed by atoms with van der Waals surface area (Å²) in [6.07, 6.45) is 2.45. The van der Waals surface area contributed by atoms with Crippen LogP contribution in [-0.4, -0.2) is 57.6 Å². The quantitative estimate of drug-likeness (QED) is 0.373. The Kier molecular flexibility index (Phi) is 11.6. The van der Waals surface area contributed by atoms with Gasteiger partial charge in [0, 0.05) is 26.1 Å². The number of halogens is 2. The van der Waals surface area contributed by atoms with Gasteiger partial charge in [0.25, 0.3) is 0 Å². The van der Waals surface area contributed by atoms with E-state index in [9.17, 15) is 22.4 Å². The number of carbonyl (C=O) groups excluding carboxylic acids is 2. The first-order valence-corrected chi connectivity index (χ1v) is 14.4. The molecule has 8 nitrogen and oxygen atoms in total.